The molecule has 0 fully saturated rings. The van der Waals surface area contributed by atoms with Crippen LogP contribution in [0.4, 0.5) is 0 Å². The fourth-order valence-corrected chi connectivity index (χ4v) is 6.98. The van der Waals surface area contributed by atoms with Crippen LogP contribution in [-0.2, 0) is 14.3 Å². The molecule has 308 valence electrons. The maximum absolute atomic E-state index is 12.3. The summed E-state index contributed by atoms with van der Waals surface area (Å²) in [6.07, 6.45) is 46.0. The van der Waals surface area contributed by atoms with Crippen molar-refractivity contribution in [3.63, 3.8) is 0 Å². The molecule has 52 heavy (non-hydrogen) atoms. The highest BCUT2D eigenvalue weighted by Gasteiger charge is 2.20. The van der Waals surface area contributed by atoms with Crippen molar-refractivity contribution in [2.45, 2.75) is 257 Å². The minimum Gasteiger partial charge on any atom is -0.466 e. The Labute approximate surface area is 323 Å². The third kappa shape index (κ3) is 38.3. The number of carbonyl (C=O) groups is 2. The van der Waals surface area contributed by atoms with Crippen LogP contribution in [0.2, 0.25) is 0 Å². The molecule has 0 saturated carbocycles. The van der Waals surface area contributed by atoms with Gasteiger partial charge in [-0.15, -0.1) is 0 Å². The number of aliphatic hydroxyl groups excluding tert-OH is 2. The monoisotopic (exact) mass is 736 g/mol. The predicted octanol–water partition coefficient (Wildman–Crippen LogP) is 13.0. The van der Waals surface area contributed by atoms with E-state index in [1.165, 1.54) is 135 Å². The first-order valence-electron chi connectivity index (χ1n) is 22.9. The lowest BCUT2D eigenvalue weighted by Gasteiger charge is -2.22. The number of ether oxygens (including phenoxy) is 1. The molecular formula is C46H89NO5. The summed E-state index contributed by atoms with van der Waals surface area (Å²) < 4.78 is 5.43. The molecule has 0 aliphatic rings. The maximum Gasteiger partial charge on any atom is 0.305 e. The number of hydrogen-bond acceptors (Lipinski definition) is 5. The minimum atomic E-state index is -0.676. The van der Waals surface area contributed by atoms with Crippen LogP contribution in [0.5, 0.6) is 0 Å². The molecule has 6 heteroatoms. The zero-order chi connectivity index (χ0) is 38.0. The van der Waals surface area contributed by atoms with Gasteiger partial charge in [0.05, 0.1) is 25.4 Å². The Balaban J connectivity index is 3.48. The van der Waals surface area contributed by atoms with E-state index in [1.807, 2.05) is 0 Å². The van der Waals surface area contributed by atoms with Crippen LogP contribution in [0.1, 0.15) is 245 Å². The average molecular weight is 736 g/mol. The first kappa shape index (κ1) is 50.6. The van der Waals surface area contributed by atoms with Crippen LogP contribution in [0, 0.1) is 0 Å². The number of amides is 1. The van der Waals surface area contributed by atoms with Crippen LogP contribution in [0.15, 0.2) is 12.2 Å². The van der Waals surface area contributed by atoms with Gasteiger partial charge in [0.15, 0.2) is 0 Å². The maximum atomic E-state index is 12.3. The zero-order valence-electron chi connectivity index (χ0n) is 34.8. The van der Waals surface area contributed by atoms with E-state index in [9.17, 15) is 19.8 Å². The number of rotatable bonds is 42. The van der Waals surface area contributed by atoms with Gasteiger partial charge in [-0.2, -0.15) is 0 Å². The molecule has 3 N–H and O–H groups in total. The van der Waals surface area contributed by atoms with Gasteiger partial charge in [0.2, 0.25) is 5.91 Å². The summed E-state index contributed by atoms with van der Waals surface area (Å²) >= 11 is 0. The van der Waals surface area contributed by atoms with Crippen molar-refractivity contribution in [2.24, 2.45) is 0 Å². The molecule has 0 bridgehead atoms. The predicted molar refractivity (Wildman–Crippen MR) is 223 cm³/mol. The molecule has 0 aromatic heterocycles. The molecule has 2 unspecified atom stereocenters. The summed E-state index contributed by atoms with van der Waals surface area (Å²) in [5, 5.41) is 23.0. The van der Waals surface area contributed by atoms with Gasteiger partial charge in [-0.1, -0.05) is 187 Å². The molecule has 0 rings (SSSR count). The third-order valence-electron chi connectivity index (χ3n) is 10.6. The number of aliphatic hydroxyl groups is 2. The van der Waals surface area contributed by atoms with E-state index in [-0.39, 0.29) is 18.5 Å². The van der Waals surface area contributed by atoms with Crippen molar-refractivity contribution in [3.8, 4) is 0 Å². The van der Waals surface area contributed by atoms with E-state index in [1.54, 1.807) is 0 Å². The Hall–Kier alpha value is -1.40. The molecule has 1 amide bonds. The number of carbonyl (C=O) groups excluding carboxylic acids is 2. The van der Waals surface area contributed by atoms with E-state index in [0.29, 0.717) is 25.9 Å². The second kappa shape index (κ2) is 42.3. The van der Waals surface area contributed by atoms with Crippen molar-refractivity contribution in [3.05, 3.63) is 12.2 Å². The molecule has 0 heterocycles. The van der Waals surface area contributed by atoms with Gasteiger partial charge in [0.25, 0.3) is 0 Å². The van der Waals surface area contributed by atoms with Crippen LogP contribution in [0.3, 0.4) is 0 Å². The number of esters is 1. The van der Waals surface area contributed by atoms with Gasteiger partial charge in [0, 0.05) is 12.8 Å². The molecule has 0 spiro atoms. The van der Waals surface area contributed by atoms with Crippen molar-refractivity contribution in [1.29, 1.82) is 0 Å². The SMILES string of the molecule is CCCCCCCCCCCCCCCCC(=O)OCCCCC/C=C\CCCCCCCC(=O)NC(CO)C(O)CCCCCCCCCCC. The molecule has 0 aromatic carbocycles. The van der Waals surface area contributed by atoms with Gasteiger partial charge in [-0.05, 0) is 57.8 Å². The molecule has 0 radical (unpaired) electrons. The Morgan fingerprint density at radius 1 is 0.519 bits per heavy atom. The topological polar surface area (TPSA) is 95.9 Å². The smallest absolute Gasteiger partial charge is 0.305 e. The lowest BCUT2D eigenvalue weighted by atomic mass is 10.0. The van der Waals surface area contributed by atoms with Gasteiger partial charge < -0.3 is 20.3 Å². The molecule has 0 aliphatic carbocycles. The van der Waals surface area contributed by atoms with Crippen LogP contribution >= 0.6 is 0 Å². The van der Waals surface area contributed by atoms with Gasteiger partial charge in [-0.25, -0.2) is 0 Å². The Morgan fingerprint density at radius 2 is 0.904 bits per heavy atom. The van der Waals surface area contributed by atoms with Gasteiger partial charge in [-0.3, -0.25) is 9.59 Å². The van der Waals surface area contributed by atoms with E-state index in [2.05, 4.69) is 31.3 Å². The summed E-state index contributed by atoms with van der Waals surface area (Å²) in [6, 6.07) is -0.556. The van der Waals surface area contributed by atoms with E-state index in [0.717, 1.165) is 77.0 Å². The summed E-state index contributed by atoms with van der Waals surface area (Å²) in [4.78, 5) is 24.3. The number of hydrogen-bond donors (Lipinski definition) is 3. The van der Waals surface area contributed by atoms with Crippen molar-refractivity contribution >= 4 is 11.9 Å². The standard InChI is InChI=1S/C46H89NO5/c1-3-5-7-9-11-13-14-15-16-20-24-28-32-36-40-46(51)52-41-37-33-29-25-21-18-17-19-23-27-31-35-39-45(50)47-43(42-48)44(49)38-34-30-26-22-12-10-8-6-4-2/h18,21,43-44,48-49H,3-17,19-20,22-42H2,1-2H3,(H,47,50)/b21-18-. The highest BCUT2D eigenvalue weighted by Crippen LogP contribution is 2.15. The molecule has 0 aliphatic heterocycles. The normalized spacial score (nSPS) is 12.8. The average Bonchev–Trinajstić information content (AvgIpc) is 3.14. The highest BCUT2D eigenvalue weighted by molar-refractivity contribution is 5.76. The summed E-state index contributed by atoms with van der Waals surface area (Å²) in [7, 11) is 0. The van der Waals surface area contributed by atoms with E-state index < -0.39 is 12.1 Å². The van der Waals surface area contributed by atoms with Crippen molar-refractivity contribution in [1.82, 2.24) is 5.32 Å². The van der Waals surface area contributed by atoms with Crippen LogP contribution in [0.25, 0.3) is 0 Å². The second-order valence-corrected chi connectivity index (χ2v) is 15.7. The lowest BCUT2D eigenvalue weighted by Crippen LogP contribution is -2.45. The first-order valence-corrected chi connectivity index (χ1v) is 22.9. The van der Waals surface area contributed by atoms with Crippen molar-refractivity contribution in [2.75, 3.05) is 13.2 Å². The first-order chi connectivity index (χ1) is 25.5. The fraction of sp³-hybridized carbons (Fsp3) is 0.913. The zero-order valence-corrected chi connectivity index (χ0v) is 34.8. The van der Waals surface area contributed by atoms with Crippen LogP contribution < -0.4 is 5.32 Å². The molecule has 0 aromatic rings. The lowest BCUT2D eigenvalue weighted by molar-refractivity contribution is -0.143. The Morgan fingerprint density at radius 3 is 1.37 bits per heavy atom. The number of allylic oxidation sites excluding steroid dienone is 2. The Bertz CT molecular complexity index is 772. The molecule has 6 nitrogen and oxygen atoms in total. The van der Waals surface area contributed by atoms with Gasteiger partial charge >= 0.3 is 5.97 Å². The minimum absolute atomic E-state index is 0.0212. The molecule has 2 atom stereocenters. The Kier molecular flexibility index (Phi) is 41.2. The highest BCUT2D eigenvalue weighted by atomic mass is 16.5. The van der Waals surface area contributed by atoms with E-state index >= 15 is 0 Å². The number of unbranched alkanes of at least 4 members (excludes halogenated alkanes) is 29. The van der Waals surface area contributed by atoms with Gasteiger partial charge in [0.1, 0.15) is 0 Å². The summed E-state index contributed by atoms with van der Waals surface area (Å²) in [5.74, 6) is -0.0846. The van der Waals surface area contributed by atoms with Crippen molar-refractivity contribution < 1.29 is 24.5 Å². The molecule has 0 saturated heterocycles. The quantitative estimate of drug-likeness (QED) is 0.0329. The van der Waals surface area contributed by atoms with Crippen LogP contribution in [-0.4, -0.2) is 47.4 Å². The summed E-state index contributed by atoms with van der Waals surface area (Å²) in [6.45, 7) is 4.86. The second-order valence-electron chi connectivity index (χ2n) is 15.7. The fourth-order valence-electron chi connectivity index (χ4n) is 6.98. The summed E-state index contributed by atoms with van der Waals surface area (Å²) in [5.41, 5.74) is 0. The van der Waals surface area contributed by atoms with E-state index in [4.69, 9.17) is 4.74 Å². The molecular weight excluding hydrogens is 647 g/mol. The number of nitrogens with one attached hydrogen (secondary N) is 1. The largest absolute Gasteiger partial charge is 0.466 e. The third-order valence-corrected chi connectivity index (χ3v) is 10.6.